The highest BCUT2D eigenvalue weighted by molar-refractivity contribution is 5.82. The number of aliphatic hydroxyl groups excluding tert-OH is 1. The third-order valence-corrected chi connectivity index (χ3v) is 4.29. The predicted molar refractivity (Wildman–Crippen MR) is 63.0 cm³/mol. The number of hydrogen-bond donors (Lipinski definition) is 2. The Bertz CT molecular complexity index is 251. The molecule has 0 aromatic heterocycles. The summed E-state index contributed by atoms with van der Waals surface area (Å²) in [5.74, 6) is 0.242. The maximum atomic E-state index is 12.1. The predicted octanol–water partition coefficient (Wildman–Crippen LogP) is 1.99. The van der Waals surface area contributed by atoms with E-state index >= 15 is 0 Å². The van der Waals surface area contributed by atoms with Crippen LogP contribution in [0.3, 0.4) is 0 Å². The normalized spacial score (nSPS) is 33.6. The fourth-order valence-electron chi connectivity index (χ4n) is 2.96. The molecule has 16 heavy (non-hydrogen) atoms. The topological polar surface area (TPSA) is 49.3 Å². The van der Waals surface area contributed by atoms with Crippen molar-refractivity contribution < 1.29 is 9.90 Å². The molecule has 0 aromatic rings. The molecule has 3 nitrogen and oxygen atoms in total. The van der Waals surface area contributed by atoms with Gasteiger partial charge in [-0.1, -0.05) is 19.8 Å². The molecule has 2 aliphatic rings. The van der Waals surface area contributed by atoms with Crippen molar-refractivity contribution in [2.45, 2.75) is 70.4 Å². The van der Waals surface area contributed by atoms with Crippen LogP contribution in [0.2, 0.25) is 0 Å². The fourth-order valence-corrected chi connectivity index (χ4v) is 2.96. The molecule has 2 fully saturated rings. The Morgan fingerprint density at radius 2 is 1.75 bits per heavy atom. The summed E-state index contributed by atoms with van der Waals surface area (Å²) in [6.45, 7) is 2.09. The van der Waals surface area contributed by atoms with Gasteiger partial charge in [-0.05, 0) is 38.5 Å². The second kappa shape index (κ2) is 4.74. The zero-order valence-corrected chi connectivity index (χ0v) is 10.2. The zero-order chi connectivity index (χ0) is 11.6. The monoisotopic (exact) mass is 225 g/mol. The van der Waals surface area contributed by atoms with E-state index in [4.69, 9.17) is 0 Å². The van der Waals surface area contributed by atoms with Gasteiger partial charge in [0.15, 0.2) is 0 Å². The minimum absolute atomic E-state index is 0.115. The maximum absolute atomic E-state index is 12.1. The molecule has 2 N–H and O–H groups in total. The highest BCUT2D eigenvalue weighted by atomic mass is 16.3. The molecule has 0 atom stereocenters. The van der Waals surface area contributed by atoms with E-state index in [9.17, 15) is 9.90 Å². The van der Waals surface area contributed by atoms with E-state index in [0.717, 1.165) is 38.5 Å². The van der Waals surface area contributed by atoms with Crippen LogP contribution in [0.1, 0.15) is 58.3 Å². The van der Waals surface area contributed by atoms with E-state index in [2.05, 4.69) is 12.2 Å². The first kappa shape index (κ1) is 11.9. The van der Waals surface area contributed by atoms with Gasteiger partial charge < -0.3 is 10.4 Å². The molecular formula is C13H23NO2. The summed E-state index contributed by atoms with van der Waals surface area (Å²) in [6, 6.07) is 0.299. The average Bonchev–Trinajstić information content (AvgIpc) is 2.70. The molecule has 2 saturated carbocycles. The molecule has 2 aliphatic carbocycles. The summed E-state index contributed by atoms with van der Waals surface area (Å²) in [4.78, 5) is 12.1. The summed E-state index contributed by atoms with van der Waals surface area (Å²) in [5.41, 5.74) is -0.115. The first-order chi connectivity index (χ1) is 7.60. The quantitative estimate of drug-likeness (QED) is 0.755. The number of amides is 1. The Hall–Kier alpha value is -0.570. The van der Waals surface area contributed by atoms with Crippen molar-refractivity contribution in [2.24, 2.45) is 5.41 Å². The van der Waals surface area contributed by atoms with Gasteiger partial charge in [0, 0.05) is 11.5 Å². The second-order valence-corrected chi connectivity index (χ2v) is 5.75. The summed E-state index contributed by atoms with van der Waals surface area (Å²) in [5, 5.41) is 12.6. The molecule has 3 heteroatoms. The number of aliphatic hydroxyl groups is 1. The fraction of sp³-hybridized carbons (Fsp3) is 0.923. The Morgan fingerprint density at radius 1 is 1.19 bits per heavy atom. The van der Waals surface area contributed by atoms with E-state index in [1.807, 2.05) is 0 Å². The van der Waals surface area contributed by atoms with Crippen LogP contribution in [0, 0.1) is 5.41 Å². The largest absolute Gasteiger partial charge is 0.393 e. The van der Waals surface area contributed by atoms with E-state index in [1.165, 1.54) is 12.8 Å². The van der Waals surface area contributed by atoms with Crippen LogP contribution in [0.15, 0.2) is 0 Å². The first-order valence-electron chi connectivity index (χ1n) is 6.59. The van der Waals surface area contributed by atoms with Gasteiger partial charge in [-0.2, -0.15) is 0 Å². The molecule has 0 saturated heterocycles. The molecule has 0 radical (unpaired) electrons. The molecule has 0 heterocycles. The Labute approximate surface area is 97.6 Å². The van der Waals surface area contributed by atoms with Crippen LogP contribution in [-0.4, -0.2) is 23.2 Å². The van der Waals surface area contributed by atoms with Crippen molar-refractivity contribution in [3.05, 3.63) is 0 Å². The Kier molecular flexibility index (Phi) is 3.53. The lowest BCUT2D eigenvalue weighted by Gasteiger charge is -2.30. The molecule has 0 unspecified atom stereocenters. The van der Waals surface area contributed by atoms with Gasteiger partial charge >= 0.3 is 0 Å². The Balaban J connectivity index is 1.83. The third-order valence-electron chi connectivity index (χ3n) is 4.29. The summed E-state index contributed by atoms with van der Waals surface area (Å²) in [6.07, 6.45) is 7.84. The summed E-state index contributed by atoms with van der Waals surface area (Å²) < 4.78 is 0. The van der Waals surface area contributed by atoms with Gasteiger partial charge in [-0.3, -0.25) is 4.79 Å². The van der Waals surface area contributed by atoms with Gasteiger partial charge in [0.2, 0.25) is 5.91 Å². The van der Waals surface area contributed by atoms with Crippen LogP contribution < -0.4 is 5.32 Å². The SMILES string of the molecule is CC1(C(=O)NC2CCC(O)CC2)CCCC1. The summed E-state index contributed by atoms with van der Waals surface area (Å²) >= 11 is 0. The van der Waals surface area contributed by atoms with Gasteiger partial charge in [-0.25, -0.2) is 0 Å². The average molecular weight is 225 g/mol. The van der Waals surface area contributed by atoms with Crippen LogP contribution in [0.25, 0.3) is 0 Å². The molecule has 92 valence electrons. The number of carbonyl (C=O) groups is 1. The van der Waals surface area contributed by atoms with Crippen molar-refractivity contribution in [3.8, 4) is 0 Å². The second-order valence-electron chi connectivity index (χ2n) is 5.75. The van der Waals surface area contributed by atoms with E-state index in [1.54, 1.807) is 0 Å². The highest BCUT2D eigenvalue weighted by Crippen LogP contribution is 2.38. The Morgan fingerprint density at radius 3 is 2.31 bits per heavy atom. The lowest BCUT2D eigenvalue weighted by atomic mass is 9.86. The van der Waals surface area contributed by atoms with Crippen LogP contribution >= 0.6 is 0 Å². The number of hydrogen-bond acceptors (Lipinski definition) is 2. The number of carbonyl (C=O) groups excluding carboxylic acids is 1. The molecule has 0 aromatic carbocycles. The smallest absolute Gasteiger partial charge is 0.226 e. The molecule has 0 aliphatic heterocycles. The standard InChI is InChI=1S/C13H23NO2/c1-13(8-2-3-9-13)12(16)14-10-4-6-11(15)7-5-10/h10-11,15H,2-9H2,1H3,(H,14,16). The van der Waals surface area contributed by atoms with Gasteiger partial charge in [0.25, 0.3) is 0 Å². The van der Waals surface area contributed by atoms with Crippen LogP contribution in [0.4, 0.5) is 0 Å². The van der Waals surface area contributed by atoms with E-state index < -0.39 is 0 Å². The van der Waals surface area contributed by atoms with Gasteiger partial charge in [0.1, 0.15) is 0 Å². The molecule has 2 rings (SSSR count). The third kappa shape index (κ3) is 2.57. The zero-order valence-electron chi connectivity index (χ0n) is 10.2. The summed E-state index contributed by atoms with van der Waals surface area (Å²) in [7, 11) is 0. The maximum Gasteiger partial charge on any atom is 0.226 e. The van der Waals surface area contributed by atoms with Crippen molar-refractivity contribution in [2.75, 3.05) is 0 Å². The van der Waals surface area contributed by atoms with Crippen molar-refractivity contribution >= 4 is 5.91 Å². The van der Waals surface area contributed by atoms with Gasteiger partial charge in [-0.15, -0.1) is 0 Å². The van der Waals surface area contributed by atoms with E-state index in [0.29, 0.717) is 6.04 Å². The highest BCUT2D eigenvalue weighted by Gasteiger charge is 2.37. The molecule has 0 spiro atoms. The van der Waals surface area contributed by atoms with Crippen molar-refractivity contribution in [3.63, 3.8) is 0 Å². The van der Waals surface area contributed by atoms with Crippen LogP contribution in [0.5, 0.6) is 0 Å². The molecular weight excluding hydrogens is 202 g/mol. The number of rotatable bonds is 2. The minimum atomic E-state index is -0.143. The first-order valence-corrected chi connectivity index (χ1v) is 6.59. The van der Waals surface area contributed by atoms with E-state index in [-0.39, 0.29) is 17.4 Å². The lowest BCUT2D eigenvalue weighted by molar-refractivity contribution is -0.131. The number of nitrogens with one attached hydrogen (secondary N) is 1. The van der Waals surface area contributed by atoms with Crippen LogP contribution in [-0.2, 0) is 4.79 Å². The molecule has 0 bridgehead atoms. The van der Waals surface area contributed by atoms with Gasteiger partial charge in [0.05, 0.1) is 6.10 Å². The van der Waals surface area contributed by atoms with Crippen molar-refractivity contribution in [1.29, 1.82) is 0 Å². The lowest BCUT2D eigenvalue weighted by Crippen LogP contribution is -2.45. The molecule has 1 amide bonds. The van der Waals surface area contributed by atoms with Crippen molar-refractivity contribution in [1.82, 2.24) is 5.32 Å². The minimum Gasteiger partial charge on any atom is -0.393 e.